The number of hydrogen-bond donors (Lipinski definition) is 1. The molecule has 1 saturated carbocycles. The van der Waals surface area contributed by atoms with Gasteiger partial charge in [0.15, 0.2) is 0 Å². The molecule has 6 heteroatoms. The van der Waals surface area contributed by atoms with Gasteiger partial charge in [0.25, 0.3) is 0 Å². The molecule has 0 bridgehead atoms. The molecule has 2 unspecified atom stereocenters. The molecule has 0 aromatic rings. The zero-order valence-electron chi connectivity index (χ0n) is 11.0. The Bertz CT molecular complexity index is 320. The second-order valence-corrected chi connectivity index (χ2v) is 5.65. The van der Waals surface area contributed by atoms with Gasteiger partial charge in [-0.3, -0.25) is 4.79 Å². The molecular formula is C13H21F3N2O. The first kappa shape index (κ1) is 14.6. The van der Waals surface area contributed by atoms with E-state index >= 15 is 0 Å². The van der Waals surface area contributed by atoms with E-state index in [2.05, 4.69) is 5.32 Å². The predicted molar refractivity (Wildman–Crippen MR) is 65.6 cm³/mol. The summed E-state index contributed by atoms with van der Waals surface area (Å²) in [7, 11) is 0. The van der Waals surface area contributed by atoms with E-state index in [0.717, 1.165) is 25.3 Å². The van der Waals surface area contributed by atoms with Crippen molar-refractivity contribution in [2.45, 2.75) is 38.3 Å². The zero-order chi connectivity index (χ0) is 13.9. The summed E-state index contributed by atoms with van der Waals surface area (Å²) in [4.78, 5) is 13.6. The molecule has 19 heavy (non-hydrogen) atoms. The Balaban J connectivity index is 1.74. The van der Waals surface area contributed by atoms with Gasteiger partial charge in [-0.15, -0.1) is 0 Å². The van der Waals surface area contributed by atoms with E-state index in [1.54, 1.807) is 4.90 Å². The van der Waals surface area contributed by atoms with Crippen LogP contribution in [-0.2, 0) is 4.79 Å². The second kappa shape index (κ2) is 6.11. The molecule has 2 aliphatic rings. The molecule has 1 saturated heterocycles. The molecule has 0 aromatic heterocycles. The Morgan fingerprint density at radius 3 is 2.53 bits per heavy atom. The van der Waals surface area contributed by atoms with Crippen LogP contribution in [0.15, 0.2) is 0 Å². The lowest BCUT2D eigenvalue weighted by atomic mass is 9.75. The number of nitrogens with zero attached hydrogens (tertiary/aromatic N) is 1. The number of fused-ring (bicyclic) bond motifs is 1. The monoisotopic (exact) mass is 278 g/mol. The van der Waals surface area contributed by atoms with E-state index in [4.69, 9.17) is 0 Å². The predicted octanol–water partition coefficient (Wildman–Crippen LogP) is 2.18. The fourth-order valence-corrected chi connectivity index (χ4v) is 3.25. The number of alkyl halides is 3. The van der Waals surface area contributed by atoms with E-state index < -0.39 is 12.7 Å². The topological polar surface area (TPSA) is 32.3 Å². The fraction of sp³-hybridized carbons (Fsp3) is 0.923. The largest absolute Gasteiger partial charge is 0.401 e. The van der Waals surface area contributed by atoms with Crippen molar-refractivity contribution < 1.29 is 18.0 Å². The lowest BCUT2D eigenvalue weighted by Gasteiger charge is -2.41. The third-order valence-corrected chi connectivity index (χ3v) is 4.25. The van der Waals surface area contributed by atoms with E-state index in [1.807, 2.05) is 0 Å². The average molecular weight is 278 g/mol. The van der Waals surface area contributed by atoms with Crippen LogP contribution in [0.2, 0.25) is 0 Å². The van der Waals surface area contributed by atoms with Crippen LogP contribution in [0.5, 0.6) is 0 Å². The smallest absolute Gasteiger partial charge is 0.341 e. The van der Waals surface area contributed by atoms with Gasteiger partial charge in [-0.2, -0.15) is 13.2 Å². The van der Waals surface area contributed by atoms with Crippen molar-refractivity contribution in [3.05, 3.63) is 0 Å². The Labute approximate surface area is 111 Å². The summed E-state index contributed by atoms with van der Waals surface area (Å²) in [5.41, 5.74) is 0. The van der Waals surface area contributed by atoms with Crippen molar-refractivity contribution in [1.82, 2.24) is 10.2 Å². The minimum absolute atomic E-state index is 0.201. The summed E-state index contributed by atoms with van der Waals surface area (Å²) >= 11 is 0. The number of carbonyl (C=O) groups is 1. The number of amides is 1. The lowest BCUT2D eigenvalue weighted by molar-refractivity contribution is -0.136. The highest BCUT2D eigenvalue weighted by molar-refractivity contribution is 5.78. The third kappa shape index (κ3) is 4.37. The van der Waals surface area contributed by atoms with Crippen LogP contribution in [0.25, 0.3) is 0 Å². The summed E-state index contributed by atoms with van der Waals surface area (Å²) in [5, 5.41) is 2.18. The van der Waals surface area contributed by atoms with Gasteiger partial charge in [-0.05, 0) is 24.7 Å². The Kier molecular flexibility index (Phi) is 4.71. The molecule has 1 aliphatic heterocycles. The van der Waals surface area contributed by atoms with Gasteiger partial charge >= 0.3 is 6.18 Å². The minimum Gasteiger partial charge on any atom is -0.341 e. The Hall–Kier alpha value is -0.780. The zero-order valence-corrected chi connectivity index (χ0v) is 11.0. The van der Waals surface area contributed by atoms with Gasteiger partial charge in [-0.1, -0.05) is 19.3 Å². The molecule has 0 aromatic carbocycles. The number of rotatable bonds is 3. The van der Waals surface area contributed by atoms with Crippen molar-refractivity contribution in [3.8, 4) is 0 Å². The van der Waals surface area contributed by atoms with Crippen molar-refractivity contribution in [2.24, 2.45) is 11.8 Å². The Morgan fingerprint density at radius 2 is 1.84 bits per heavy atom. The number of likely N-dealkylation sites (tertiary alicyclic amines) is 1. The Morgan fingerprint density at radius 1 is 1.16 bits per heavy atom. The number of hydrogen-bond acceptors (Lipinski definition) is 2. The van der Waals surface area contributed by atoms with Gasteiger partial charge in [0.1, 0.15) is 0 Å². The first-order valence-electron chi connectivity index (χ1n) is 7.01. The van der Waals surface area contributed by atoms with Crippen molar-refractivity contribution in [3.63, 3.8) is 0 Å². The molecule has 3 nitrogen and oxygen atoms in total. The van der Waals surface area contributed by atoms with Crippen LogP contribution in [-0.4, -0.2) is 43.2 Å². The number of carbonyl (C=O) groups excluding carboxylic acids is 1. The number of piperidine rings is 1. The molecule has 1 aliphatic carbocycles. The van der Waals surface area contributed by atoms with Crippen LogP contribution in [0.4, 0.5) is 13.2 Å². The third-order valence-electron chi connectivity index (χ3n) is 4.25. The summed E-state index contributed by atoms with van der Waals surface area (Å²) in [6.07, 6.45) is 1.66. The summed E-state index contributed by atoms with van der Waals surface area (Å²) in [6, 6.07) is 0. The van der Waals surface area contributed by atoms with E-state index in [1.165, 1.54) is 19.3 Å². The molecule has 0 spiro atoms. The van der Waals surface area contributed by atoms with E-state index in [9.17, 15) is 18.0 Å². The number of nitrogens with one attached hydrogen (secondary N) is 1. The molecule has 1 N–H and O–H groups in total. The van der Waals surface area contributed by atoms with Crippen LogP contribution < -0.4 is 5.32 Å². The fourth-order valence-electron chi connectivity index (χ4n) is 3.25. The summed E-state index contributed by atoms with van der Waals surface area (Å²) in [6.45, 7) is 0.125. The van der Waals surface area contributed by atoms with Crippen molar-refractivity contribution in [1.29, 1.82) is 0 Å². The molecule has 110 valence electrons. The van der Waals surface area contributed by atoms with E-state index in [0.29, 0.717) is 12.5 Å². The molecule has 1 amide bonds. The first-order valence-corrected chi connectivity index (χ1v) is 7.01. The van der Waals surface area contributed by atoms with Gasteiger partial charge in [0.2, 0.25) is 5.91 Å². The summed E-state index contributed by atoms with van der Waals surface area (Å²) in [5.74, 6) is 1.09. The second-order valence-electron chi connectivity index (χ2n) is 5.65. The highest BCUT2D eigenvalue weighted by Gasteiger charge is 2.33. The molecule has 1 heterocycles. The van der Waals surface area contributed by atoms with Crippen LogP contribution >= 0.6 is 0 Å². The molecule has 2 atom stereocenters. The van der Waals surface area contributed by atoms with Crippen LogP contribution in [0.1, 0.15) is 32.1 Å². The minimum atomic E-state index is -4.25. The highest BCUT2D eigenvalue weighted by Crippen LogP contribution is 2.35. The van der Waals surface area contributed by atoms with Crippen molar-refractivity contribution in [2.75, 3.05) is 26.2 Å². The maximum atomic E-state index is 12.0. The first-order chi connectivity index (χ1) is 8.96. The van der Waals surface area contributed by atoms with Crippen molar-refractivity contribution >= 4 is 5.91 Å². The van der Waals surface area contributed by atoms with Crippen LogP contribution in [0.3, 0.4) is 0 Å². The average Bonchev–Trinajstić information content (AvgIpc) is 2.36. The normalized spacial score (nSPS) is 28.1. The lowest BCUT2D eigenvalue weighted by Crippen LogP contribution is -2.48. The standard InChI is InChI=1S/C13H21F3N2O/c14-13(15,16)9-17-7-12(19)18-6-5-10-3-1-2-4-11(10)8-18/h10-11,17H,1-9H2. The van der Waals surface area contributed by atoms with Gasteiger partial charge < -0.3 is 10.2 Å². The van der Waals surface area contributed by atoms with Gasteiger partial charge in [0, 0.05) is 13.1 Å². The summed E-state index contributed by atoms with van der Waals surface area (Å²) < 4.78 is 35.9. The number of halogens is 3. The molecular weight excluding hydrogens is 257 g/mol. The molecule has 2 rings (SSSR count). The maximum Gasteiger partial charge on any atom is 0.401 e. The quantitative estimate of drug-likeness (QED) is 0.858. The molecule has 0 radical (unpaired) electrons. The SMILES string of the molecule is O=C(CNCC(F)(F)F)N1CCC2CCCCC2C1. The van der Waals surface area contributed by atoms with Gasteiger partial charge in [-0.25, -0.2) is 0 Å². The highest BCUT2D eigenvalue weighted by atomic mass is 19.4. The van der Waals surface area contributed by atoms with E-state index in [-0.39, 0.29) is 12.5 Å². The maximum absolute atomic E-state index is 12.0. The van der Waals surface area contributed by atoms with Crippen LogP contribution in [0, 0.1) is 11.8 Å². The van der Waals surface area contributed by atoms with Gasteiger partial charge in [0.05, 0.1) is 13.1 Å². The molecule has 2 fully saturated rings.